The Bertz CT molecular complexity index is 839. The molecule has 0 aliphatic carbocycles. The fraction of sp³-hybridized carbons (Fsp3) is 0.318. The van der Waals surface area contributed by atoms with Gasteiger partial charge >= 0.3 is 0 Å². The second-order valence-electron chi connectivity index (χ2n) is 7.56. The van der Waals surface area contributed by atoms with Gasteiger partial charge in [0.1, 0.15) is 0 Å². The highest BCUT2D eigenvalue weighted by Crippen LogP contribution is 2.25. The number of carbonyl (C=O) groups is 3. The molecule has 2 aromatic rings. The van der Waals surface area contributed by atoms with Crippen molar-refractivity contribution in [2.75, 3.05) is 20.1 Å². The van der Waals surface area contributed by atoms with E-state index in [0.29, 0.717) is 17.7 Å². The Balaban J connectivity index is 1.60. The van der Waals surface area contributed by atoms with E-state index in [2.05, 4.69) is 26.0 Å². The highest BCUT2D eigenvalue weighted by atomic mass is 16.2. The lowest BCUT2D eigenvalue weighted by Gasteiger charge is -2.31. The minimum atomic E-state index is -0.323. The van der Waals surface area contributed by atoms with Gasteiger partial charge in [0.05, 0.1) is 11.1 Å². The first-order chi connectivity index (χ1) is 12.8. The average Bonchev–Trinajstić information content (AvgIpc) is 2.91. The van der Waals surface area contributed by atoms with E-state index in [1.54, 1.807) is 36.2 Å². The van der Waals surface area contributed by atoms with Crippen molar-refractivity contribution in [2.24, 2.45) is 0 Å². The minimum Gasteiger partial charge on any atom is -0.345 e. The molecule has 0 spiro atoms. The monoisotopic (exact) mass is 364 g/mol. The van der Waals surface area contributed by atoms with Crippen LogP contribution in [-0.4, -0.2) is 47.7 Å². The predicted octanol–water partition coefficient (Wildman–Crippen LogP) is 3.11. The molecule has 0 N–H and O–H groups in total. The summed E-state index contributed by atoms with van der Waals surface area (Å²) in [6.45, 7) is 4.84. The first-order valence-electron chi connectivity index (χ1n) is 9.06. The van der Waals surface area contributed by atoms with E-state index in [0.717, 1.165) is 5.56 Å². The Morgan fingerprint density at radius 1 is 0.926 bits per heavy atom. The number of carbonyl (C=O) groups excluding carboxylic acids is 3. The average molecular weight is 364 g/mol. The number of rotatable bonds is 6. The van der Waals surface area contributed by atoms with Crippen molar-refractivity contribution in [1.82, 2.24) is 9.80 Å². The maximum absolute atomic E-state index is 12.6. The van der Waals surface area contributed by atoms with E-state index < -0.39 is 0 Å². The van der Waals surface area contributed by atoms with Crippen LogP contribution in [0.25, 0.3) is 0 Å². The number of hydrogen-bond donors (Lipinski definition) is 0. The molecule has 1 heterocycles. The lowest BCUT2D eigenvalue weighted by Crippen LogP contribution is -2.40. The van der Waals surface area contributed by atoms with Gasteiger partial charge in [0, 0.05) is 32.0 Å². The molecule has 0 atom stereocenters. The molecule has 0 aromatic heterocycles. The van der Waals surface area contributed by atoms with Gasteiger partial charge in [-0.05, 0) is 17.7 Å². The molecule has 27 heavy (non-hydrogen) atoms. The van der Waals surface area contributed by atoms with Gasteiger partial charge in [-0.2, -0.15) is 0 Å². The summed E-state index contributed by atoms with van der Waals surface area (Å²) in [5.74, 6) is -0.734. The maximum Gasteiger partial charge on any atom is 0.261 e. The van der Waals surface area contributed by atoms with Crippen LogP contribution >= 0.6 is 0 Å². The van der Waals surface area contributed by atoms with Gasteiger partial charge in [-0.1, -0.05) is 56.3 Å². The van der Waals surface area contributed by atoms with Crippen molar-refractivity contribution in [3.8, 4) is 0 Å². The quantitative estimate of drug-likeness (QED) is 0.740. The summed E-state index contributed by atoms with van der Waals surface area (Å²) in [6, 6.07) is 16.8. The molecule has 0 radical (unpaired) electrons. The molecule has 0 saturated heterocycles. The molecule has 3 rings (SSSR count). The van der Waals surface area contributed by atoms with Gasteiger partial charge in [-0.15, -0.1) is 0 Å². The molecule has 0 fully saturated rings. The SMILES string of the molecule is CN(CC(C)(C)c1ccccc1)C(=O)CCN1C(=O)c2ccccc2C1=O. The Morgan fingerprint density at radius 3 is 2.00 bits per heavy atom. The van der Waals surface area contributed by atoms with Gasteiger partial charge < -0.3 is 4.90 Å². The van der Waals surface area contributed by atoms with Crippen LogP contribution in [-0.2, 0) is 10.2 Å². The molecular formula is C22H24N2O3. The topological polar surface area (TPSA) is 57.7 Å². The molecule has 5 nitrogen and oxygen atoms in total. The van der Waals surface area contributed by atoms with Gasteiger partial charge in [0.15, 0.2) is 0 Å². The van der Waals surface area contributed by atoms with E-state index in [1.807, 2.05) is 18.2 Å². The van der Waals surface area contributed by atoms with Crippen molar-refractivity contribution >= 4 is 17.7 Å². The summed E-state index contributed by atoms with van der Waals surface area (Å²) in [7, 11) is 1.76. The van der Waals surface area contributed by atoms with Crippen LogP contribution in [0.15, 0.2) is 54.6 Å². The molecule has 2 aromatic carbocycles. The number of amides is 3. The second-order valence-corrected chi connectivity index (χ2v) is 7.56. The van der Waals surface area contributed by atoms with Crippen LogP contribution < -0.4 is 0 Å². The third-order valence-corrected chi connectivity index (χ3v) is 5.04. The molecule has 140 valence electrons. The zero-order valence-corrected chi connectivity index (χ0v) is 15.9. The van der Waals surface area contributed by atoms with Gasteiger partial charge in [0.25, 0.3) is 11.8 Å². The van der Waals surface area contributed by atoms with E-state index >= 15 is 0 Å². The van der Waals surface area contributed by atoms with Crippen LogP contribution in [0.2, 0.25) is 0 Å². The number of hydrogen-bond acceptors (Lipinski definition) is 3. The Hall–Kier alpha value is -2.95. The number of likely N-dealkylation sites (N-methyl/N-ethyl adjacent to an activating group) is 1. The van der Waals surface area contributed by atoms with Crippen molar-refractivity contribution in [3.05, 3.63) is 71.3 Å². The van der Waals surface area contributed by atoms with E-state index in [9.17, 15) is 14.4 Å². The maximum atomic E-state index is 12.6. The molecule has 3 amide bonds. The molecule has 0 bridgehead atoms. The largest absolute Gasteiger partial charge is 0.345 e. The smallest absolute Gasteiger partial charge is 0.261 e. The fourth-order valence-corrected chi connectivity index (χ4v) is 3.50. The molecule has 5 heteroatoms. The zero-order chi connectivity index (χ0) is 19.6. The van der Waals surface area contributed by atoms with Crippen LogP contribution in [0.1, 0.15) is 46.5 Å². The second kappa shape index (κ2) is 7.35. The van der Waals surface area contributed by atoms with Crippen molar-refractivity contribution < 1.29 is 14.4 Å². The third kappa shape index (κ3) is 3.77. The van der Waals surface area contributed by atoms with Crippen molar-refractivity contribution in [2.45, 2.75) is 25.7 Å². The Labute approximate surface area is 159 Å². The fourth-order valence-electron chi connectivity index (χ4n) is 3.50. The number of nitrogens with zero attached hydrogens (tertiary/aromatic N) is 2. The summed E-state index contributed by atoms with van der Waals surface area (Å²) >= 11 is 0. The third-order valence-electron chi connectivity index (χ3n) is 5.04. The Kier molecular flexibility index (Phi) is 5.13. The standard InChI is InChI=1S/C22H24N2O3/c1-22(2,16-9-5-4-6-10-16)15-23(3)19(25)13-14-24-20(26)17-11-7-8-12-18(17)21(24)27/h4-12H,13-15H2,1-3H3. The highest BCUT2D eigenvalue weighted by Gasteiger charge is 2.35. The van der Waals surface area contributed by atoms with Crippen molar-refractivity contribution in [3.63, 3.8) is 0 Å². The summed E-state index contributed by atoms with van der Waals surface area (Å²) in [5.41, 5.74) is 1.79. The number of benzene rings is 2. The molecule has 1 aliphatic rings. The lowest BCUT2D eigenvalue weighted by molar-refractivity contribution is -0.130. The highest BCUT2D eigenvalue weighted by molar-refractivity contribution is 6.21. The zero-order valence-electron chi connectivity index (χ0n) is 15.9. The van der Waals surface area contributed by atoms with Crippen molar-refractivity contribution in [1.29, 1.82) is 0 Å². The van der Waals surface area contributed by atoms with Gasteiger partial charge in [0.2, 0.25) is 5.91 Å². The van der Waals surface area contributed by atoms with E-state index in [-0.39, 0.29) is 36.1 Å². The molecular weight excluding hydrogens is 340 g/mol. The normalized spacial score (nSPS) is 13.7. The number of imide groups is 1. The summed E-state index contributed by atoms with van der Waals surface area (Å²) in [6.07, 6.45) is 0.118. The Morgan fingerprint density at radius 2 is 1.44 bits per heavy atom. The lowest BCUT2D eigenvalue weighted by atomic mass is 9.84. The molecule has 0 unspecified atom stereocenters. The van der Waals surface area contributed by atoms with Gasteiger partial charge in [-0.25, -0.2) is 0 Å². The van der Waals surface area contributed by atoms with Crippen LogP contribution in [0.5, 0.6) is 0 Å². The molecule has 0 saturated carbocycles. The summed E-state index contributed by atoms with van der Waals surface area (Å²) < 4.78 is 0. The first-order valence-corrected chi connectivity index (χ1v) is 9.06. The summed E-state index contributed by atoms with van der Waals surface area (Å²) in [4.78, 5) is 40.2. The summed E-state index contributed by atoms with van der Waals surface area (Å²) in [5, 5.41) is 0. The van der Waals surface area contributed by atoms with E-state index in [4.69, 9.17) is 0 Å². The van der Waals surface area contributed by atoms with Gasteiger partial charge in [-0.3, -0.25) is 19.3 Å². The predicted molar refractivity (Wildman–Crippen MR) is 104 cm³/mol. The minimum absolute atomic E-state index is 0.0874. The van der Waals surface area contributed by atoms with E-state index in [1.165, 1.54) is 4.90 Å². The van der Waals surface area contributed by atoms with Crippen LogP contribution in [0.4, 0.5) is 0 Å². The number of fused-ring (bicyclic) bond motifs is 1. The van der Waals surface area contributed by atoms with Crippen LogP contribution in [0.3, 0.4) is 0 Å². The van der Waals surface area contributed by atoms with Crippen LogP contribution in [0, 0.1) is 0 Å². The molecule has 1 aliphatic heterocycles. The first kappa shape index (κ1) is 18.8.